The molecule has 6 heteroatoms. The average Bonchev–Trinajstić information content (AvgIpc) is 2.79. The summed E-state index contributed by atoms with van der Waals surface area (Å²) in [5.41, 5.74) is 0. The lowest BCUT2D eigenvalue weighted by Crippen LogP contribution is -2.24. The van der Waals surface area contributed by atoms with Gasteiger partial charge < -0.3 is 9.52 Å². The third kappa shape index (κ3) is 3.32. The molecule has 1 aliphatic rings. The Morgan fingerprint density at radius 1 is 1.50 bits per heavy atom. The van der Waals surface area contributed by atoms with Gasteiger partial charge in [0.05, 0.1) is 24.3 Å². The van der Waals surface area contributed by atoms with Gasteiger partial charge in [-0.2, -0.15) is 0 Å². The summed E-state index contributed by atoms with van der Waals surface area (Å²) in [5, 5.41) is 9.02. The van der Waals surface area contributed by atoms with Crippen molar-refractivity contribution in [1.29, 1.82) is 0 Å². The van der Waals surface area contributed by atoms with Crippen LogP contribution in [0.4, 0.5) is 0 Å². The number of hydrogen-bond acceptors (Lipinski definition) is 5. The summed E-state index contributed by atoms with van der Waals surface area (Å²) in [5.74, 6) is 2.18. The lowest BCUT2D eigenvalue weighted by Gasteiger charge is -2.20. The number of nitrogens with zero attached hydrogens (tertiary/aromatic N) is 1. The SMILES string of the molecule is CC(CO)c1cnc(CC2CCS(=O)(=O)CC2)o1. The van der Waals surface area contributed by atoms with Gasteiger partial charge in [0.15, 0.2) is 5.89 Å². The second-order valence-corrected chi connectivity index (χ2v) is 7.34. The van der Waals surface area contributed by atoms with Crippen molar-refractivity contribution in [1.82, 2.24) is 4.98 Å². The van der Waals surface area contributed by atoms with Gasteiger partial charge in [0.25, 0.3) is 0 Å². The van der Waals surface area contributed by atoms with E-state index in [0.717, 1.165) is 0 Å². The maximum absolute atomic E-state index is 11.3. The highest BCUT2D eigenvalue weighted by atomic mass is 32.2. The van der Waals surface area contributed by atoms with Crippen molar-refractivity contribution >= 4 is 9.84 Å². The van der Waals surface area contributed by atoms with Crippen molar-refractivity contribution < 1.29 is 17.9 Å². The highest BCUT2D eigenvalue weighted by Crippen LogP contribution is 2.24. The van der Waals surface area contributed by atoms with E-state index >= 15 is 0 Å². The number of oxazole rings is 1. The van der Waals surface area contributed by atoms with Crippen LogP contribution < -0.4 is 0 Å². The van der Waals surface area contributed by atoms with Crippen LogP contribution in [-0.2, 0) is 16.3 Å². The first kappa shape index (κ1) is 13.5. The predicted octanol–water partition coefficient (Wildman–Crippen LogP) is 1.14. The fourth-order valence-electron chi connectivity index (χ4n) is 2.13. The highest BCUT2D eigenvalue weighted by Gasteiger charge is 2.25. The molecule has 1 aromatic rings. The third-order valence-electron chi connectivity index (χ3n) is 3.47. The summed E-state index contributed by atoms with van der Waals surface area (Å²) in [6, 6.07) is 0. The molecular weight excluding hydrogens is 254 g/mol. The van der Waals surface area contributed by atoms with Crippen molar-refractivity contribution in [2.45, 2.75) is 32.1 Å². The Morgan fingerprint density at radius 3 is 2.78 bits per heavy atom. The van der Waals surface area contributed by atoms with E-state index in [0.29, 0.717) is 36.8 Å². The Kier molecular flexibility index (Phi) is 4.07. The minimum atomic E-state index is -2.80. The van der Waals surface area contributed by atoms with Gasteiger partial charge >= 0.3 is 0 Å². The summed E-state index contributed by atoms with van der Waals surface area (Å²) >= 11 is 0. The molecule has 0 aliphatic carbocycles. The van der Waals surface area contributed by atoms with Gasteiger partial charge in [-0.15, -0.1) is 0 Å². The second-order valence-electron chi connectivity index (χ2n) is 5.04. The molecule has 1 aromatic heterocycles. The van der Waals surface area contributed by atoms with Crippen molar-refractivity contribution in [3.8, 4) is 0 Å². The van der Waals surface area contributed by atoms with E-state index in [1.165, 1.54) is 0 Å². The molecule has 0 radical (unpaired) electrons. The van der Waals surface area contributed by atoms with Gasteiger partial charge in [-0.3, -0.25) is 0 Å². The Balaban J connectivity index is 1.92. The Morgan fingerprint density at radius 2 is 2.17 bits per heavy atom. The summed E-state index contributed by atoms with van der Waals surface area (Å²) in [4.78, 5) is 4.19. The molecule has 0 saturated carbocycles. The number of rotatable bonds is 4. The fourth-order valence-corrected chi connectivity index (χ4v) is 3.72. The molecular formula is C12H19NO4S. The summed E-state index contributed by atoms with van der Waals surface area (Å²) in [7, 11) is -2.80. The van der Waals surface area contributed by atoms with Crippen LogP contribution in [0, 0.1) is 5.92 Å². The minimum Gasteiger partial charge on any atom is -0.445 e. The number of hydrogen-bond donors (Lipinski definition) is 1. The van der Waals surface area contributed by atoms with Crippen LogP contribution in [0.3, 0.4) is 0 Å². The summed E-state index contributed by atoms with van der Waals surface area (Å²) in [6.45, 7) is 1.91. The lowest BCUT2D eigenvalue weighted by atomic mass is 9.99. The normalized spacial score (nSPS) is 21.9. The molecule has 1 saturated heterocycles. The van der Waals surface area contributed by atoms with E-state index in [1.807, 2.05) is 6.92 Å². The molecule has 1 unspecified atom stereocenters. The predicted molar refractivity (Wildman–Crippen MR) is 67.1 cm³/mol. The van der Waals surface area contributed by atoms with E-state index in [1.54, 1.807) is 6.20 Å². The standard InChI is InChI=1S/C12H19NO4S/c1-9(8-14)11-7-13-12(17-11)6-10-2-4-18(15,16)5-3-10/h7,9-10,14H,2-6,8H2,1H3. The van der Waals surface area contributed by atoms with Gasteiger partial charge in [-0.25, -0.2) is 13.4 Å². The first-order valence-electron chi connectivity index (χ1n) is 6.26. The van der Waals surface area contributed by atoms with E-state index in [-0.39, 0.29) is 24.0 Å². The van der Waals surface area contributed by atoms with Crippen LogP contribution in [0.1, 0.15) is 37.3 Å². The largest absolute Gasteiger partial charge is 0.445 e. The minimum absolute atomic E-state index is 0.0380. The average molecular weight is 273 g/mol. The number of aliphatic hydroxyl groups is 1. The molecule has 18 heavy (non-hydrogen) atoms. The molecule has 1 aliphatic heterocycles. The Labute approximate surface area is 107 Å². The highest BCUT2D eigenvalue weighted by molar-refractivity contribution is 7.91. The van der Waals surface area contributed by atoms with Gasteiger partial charge in [0.1, 0.15) is 15.6 Å². The molecule has 0 aromatic carbocycles. The van der Waals surface area contributed by atoms with Crippen molar-refractivity contribution in [3.63, 3.8) is 0 Å². The van der Waals surface area contributed by atoms with Crippen LogP contribution in [0.25, 0.3) is 0 Å². The van der Waals surface area contributed by atoms with Gasteiger partial charge in [0.2, 0.25) is 0 Å². The van der Waals surface area contributed by atoms with Gasteiger partial charge in [-0.1, -0.05) is 6.92 Å². The molecule has 1 fully saturated rings. The zero-order valence-electron chi connectivity index (χ0n) is 10.5. The van der Waals surface area contributed by atoms with E-state index in [4.69, 9.17) is 9.52 Å². The molecule has 2 rings (SSSR count). The maximum atomic E-state index is 11.3. The topological polar surface area (TPSA) is 80.4 Å². The first-order chi connectivity index (χ1) is 8.50. The molecule has 2 heterocycles. The van der Waals surface area contributed by atoms with Crippen molar-refractivity contribution in [2.75, 3.05) is 18.1 Å². The zero-order valence-corrected chi connectivity index (χ0v) is 11.3. The number of aromatic nitrogens is 1. The molecule has 1 atom stereocenters. The molecule has 5 nitrogen and oxygen atoms in total. The number of aliphatic hydroxyl groups excluding tert-OH is 1. The van der Waals surface area contributed by atoms with E-state index in [9.17, 15) is 8.42 Å². The van der Waals surface area contributed by atoms with Crippen LogP contribution in [0.15, 0.2) is 10.6 Å². The number of sulfone groups is 1. The van der Waals surface area contributed by atoms with E-state index in [2.05, 4.69) is 4.98 Å². The smallest absolute Gasteiger partial charge is 0.194 e. The van der Waals surface area contributed by atoms with Crippen molar-refractivity contribution in [3.05, 3.63) is 17.8 Å². The van der Waals surface area contributed by atoms with Gasteiger partial charge in [-0.05, 0) is 18.8 Å². The molecule has 0 bridgehead atoms. The zero-order chi connectivity index (χ0) is 13.2. The van der Waals surface area contributed by atoms with Crippen LogP contribution in [0.2, 0.25) is 0 Å². The Hall–Kier alpha value is -0.880. The summed E-state index contributed by atoms with van der Waals surface area (Å²) in [6.07, 6.45) is 3.72. The lowest BCUT2D eigenvalue weighted by molar-refractivity contribution is 0.254. The Bertz CT molecular complexity index is 480. The summed E-state index contributed by atoms with van der Waals surface area (Å²) < 4.78 is 28.2. The second kappa shape index (κ2) is 5.40. The van der Waals surface area contributed by atoms with Crippen molar-refractivity contribution in [2.24, 2.45) is 5.92 Å². The van der Waals surface area contributed by atoms with Crippen LogP contribution in [-0.4, -0.2) is 36.6 Å². The third-order valence-corrected chi connectivity index (χ3v) is 5.18. The molecule has 1 N–H and O–H groups in total. The monoisotopic (exact) mass is 273 g/mol. The quantitative estimate of drug-likeness (QED) is 0.889. The maximum Gasteiger partial charge on any atom is 0.194 e. The molecule has 102 valence electrons. The van der Waals surface area contributed by atoms with E-state index < -0.39 is 9.84 Å². The molecule has 0 amide bonds. The first-order valence-corrected chi connectivity index (χ1v) is 8.08. The van der Waals surface area contributed by atoms with Gasteiger partial charge in [0, 0.05) is 12.3 Å². The fraction of sp³-hybridized carbons (Fsp3) is 0.750. The van der Waals surface area contributed by atoms with Crippen LogP contribution >= 0.6 is 0 Å². The van der Waals surface area contributed by atoms with Crippen LogP contribution in [0.5, 0.6) is 0 Å². The molecule has 0 spiro atoms.